The summed E-state index contributed by atoms with van der Waals surface area (Å²) in [5, 5.41) is 3.62. The summed E-state index contributed by atoms with van der Waals surface area (Å²) in [7, 11) is 0. The highest BCUT2D eigenvalue weighted by Gasteiger charge is 2.00. The Balaban J connectivity index is 2.45. The maximum atomic E-state index is 5.75. The molecule has 0 bridgehead atoms. The van der Waals surface area contributed by atoms with E-state index in [1.165, 1.54) is 0 Å². The zero-order valence-corrected chi connectivity index (χ0v) is 9.66. The number of halogens is 1. The molecule has 0 aliphatic carbocycles. The number of pyridine rings is 1. The summed E-state index contributed by atoms with van der Waals surface area (Å²) in [6.07, 6.45) is 3.18. The third-order valence-corrected chi connectivity index (χ3v) is 2.62. The van der Waals surface area contributed by atoms with Gasteiger partial charge in [-0.1, -0.05) is 11.6 Å². The molecule has 0 aromatic carbocycles. The van der Waals surface area contributed by atoms with Crippen molar-refractivity contribution in [2.45, 2.75) is 6.42 Å². The second kappa shape index (κ2) is 5.98. The van der Waals surface area contributed by atoms with Crippen molar-refractivity contribution in [3.05, 3.63) is 17.3 Å². The summed E-state index contributed by atoms with van der Waals surface area (Å²) in [6, 6.07) is 3.44. The standard InChI is InChI=1S/C9H14ClN3S/c1-14-6-2-5-12-9-7(11)3-4-8(10)13-9/h3-4H,2,5-6,11H2,1H3,(H,12,13). The van der Waals surface area contributed by atoms with Gasteiger partial charge < -0.3 is 11.1 Å². The van der Waals surface area contributed by atoms with Gasteiger partial charge in [0.2, 0.25) is 0 Å². The van der Waals surface area contributed by atoms with Gasteiger partial charge in [0.25, 0.3) is 0 Å². The van der Waals surface area contributed by atoms with Gasteiger partial charge in [-0.3, -0.25) is 0 Å². The van der Waals surface area contributed by atoms with E-state index in [0.29, 0.717) is 16.7 Å². The van der Waals surface area contributed by atoms with Crippen LogP contribution in [-0.4, -0.2) is 23.5 Å². The first-order valence-corrected chi connectivity index (χ1v) is 6.16. The summed E-state index contributed by atoms with van der Waals surface area (Å²) in [6.45, 7) is 0.873. The zero-order valence-electron chi connectivity index (χ0n) is 8.09. The Labute approximate surface area is 93.4 Å². The van der Waals surface area contributed by atoms with Crippen LogP contribution in [0.2, 0.25) is 5.15 Å². The van der Waals surface area contributed by atoms with Gasteiger partial charge in [0.1, 0.15) is 5.15 Å². The molecule has 0 amide bonds. The van der Waals surface area contributed by atoms with Crippen LogP contribution >= 0.6 is 23.4 Å². The van der Waals surface area contributed by atoms with E-state index in [9.17, 15) is 0 Å². The molecule has 1 aromatic heterocycles. The van der Waals surface area contributed by atoms with Gasteiger partial charge in [0.15, 0.2) is 5.82 Å². The number of nitrogens with two attached hydrogens (primary N) is 1. The minimum absolute atomic E-state index is 0.464. The largest absolute Gasteiger partial charge is 0.396 e. The normalized spacial score (nSPS) is 10.1. The SMILES string of the molecule is CSCCCNc1nc(Cl)ccc1N. The first-order valence-electron chi connectivity index (χ1n) is 4.39. The van der Waals surface area contributed by atoms with Gasteiger partial charge >= 0.3 is 0 Å². The number of hydrogen-bond donors (Lipinski definition) is 2. The first kappa shape index (κ1) is 11.5. The maximum absolute atomic E-state index is 5.75. The molecular formula is C9H14ClN3S. The number of thioether (sulfide) groups is 1. The van der Waals surface area contributed by atoms with Crippen molar-refractivity contribution < 1.29 is 0 Å². The lowest BCUT2D eigenvalue weighted by atomic mass is 10.4. The fraction of sp³-hybridized carbons (Fsp3) is 0.444. The average Bonchev–Trinajstić information content (AvgIpc) is 2.18. The molecule has 0 atom stereocenters. The van der Waals surface area contributed by atoms with E-state index >= 15 is 0 Å². The lowest BCUT2D eigenvalue weighted by Crippen LogP contribution is -2.06. The highest BCUT2D eigenvalue weighted by atomic mass is 35.5. The number of anilines is 2. The molecule has 0 unspecified atom stereocenters. The van der Waals surface area contributed by atoms with E-state index in [1.807, 2.05) is 11.8 Å². The van der Waals surface area contributed by atoms with Gasteiger partial charge in [-0.2, -0.15) is 11.8 Å². The average molecular weight is 232 g/mol. The van der Waals surface area contributed by atoms with Crippen LogP contribution in [0.25, 0.3) is 0 Å². The molecule has 78 valence electrons. The van der Waals surface area contributed by atoms with Gasteiger partial charge in [-0.15, -0.1) is 0 Å². The van der Waals surface area contributed by atoms with Gasteiger partial charge in [0, 0.05) is 6.54 Å². The Kier molecular flexibility index (Phi) is 4.90. The Morgan fingerprint density at radius 3 is 3.07 bits per heavy atom. The molecule has 3 nitrogen and oxygen atoms in total. The third kappa shape index (κ3) is 3.64. The minimum Gasteiger partial charge on any atom is -0.396 e. The van der Waals surface area contributed by atoms with E-state index in [1.54, 1.807) is 12.1 Å². The highest BCUT2D eigenvalue weighted by Crippen LogP contribution is 2.18. The Bertz CT molecular complexity index is 293. The van der Waals surface area contributed by atoms with Crippen molar-refractivity contribution >= 4 is 34.9 Å². The number of nitrogen functional groups attached to an aromatic ring is 1. The van der Waals surface area contributed by atoms with Crippen LogP contribution in [0.1, 0.15) is 6.42 Å². The van der Waals surface area contributed by atoms with Crippen LogP contribution in [0.15, 0.2) is 12.1 Å². The van der Waals surface area contributed by atoms with Crippen LogP contribution in [0.3, 0.4) is 0 Å². The highest BCUT2D eigenvalue weighted by molar-refractivity contribution is 7.98. The number of hydrogen-bond acceptors (Lipinski definition) is 4. The second-order valence-corrected chi connectivity index (χ2v) is 4.22. The fourth-order valence-corrected chi connectivity index (χ4v) is 1.59. The van der Waals surface area contributed by atoms with Gasteiger partial charge in [-0.05, 0) is 30.6 Å². The molecule has 0 aliphatic rings. The first-order chi connectivity index (χ1) is 6.74. The van der Waals surface area contributed by atoms with Crippen molar-refractivity contribution in [1.82, 2.24) is 4.98 Å². The number of aromatic nitrogens is 1. The van der Waals surface area contributed by atoms with E-state index in [4.69, 9.17) is 17.3 Å². The van der Waals surface area contributed by atoms with Crippen LogP contribution in [0, 0.1) is 0 Å². The monoisotopic (exact) mass is 231 g/mol. The summed E-state index contributed by atoms with van der Waals surface area (Å²) < 4.78 is 0. The maximum Gasteiger partial charge on any atom is 0.150 e. The van der Waals surface area contributed by atoms with E-state index < -0.39 is 0 Å². The molecule has 14 heavy (non-hydrogen) atoms. The van der Waals surface area contributed by atoms with E-state index in [-0.39, 0.29) is 0 Å². The third-order valence-electron chi connectivity index (χ3n) is 1.71. The molecule has 0 radical (unpaired) electrons. The molecule has 1 aromatic rings. The molecule has 3 N–H and O–H groups in total. The molecule has 0 saturated carbocycles. The van der Waals surface area contributed by atoms with Gasteiger partial charge in [-0.25, -0.2) is 4.98 Å². The molecule has 5 heteroatoms. The molecule has 0 fully saturated rings. The zero-order chi connectivity index (χ0) is 10.4. The lowest BCUT2D eigenvalue weighted by Gasteiger charge is -2.07. The van der Waals surface area contributed by atoms with Crippen LogP contribution < -0.4 is 11.1 Å². The van der Waals surface area contributed by atoms with Crippen LogP contribution in [-0.2, 0) is 0 Å². The number of rotatable bonds is 5. The quantitative estimate of drug-likeness (QED) is 0.604. The molecule has 1 heterocycles. The van der Waals surface area contributed by atoms with Crippen LogP contribution in [0.5, 0.6) is 0 Å². The lowest BCUT2D eigenvalue weighted by molar-refractivity contribution is 0.983. The van der Waals surface area contributed by atoms with Crippen LogP contribution in [0.4, 0.5) is 11.5 Å². The minimum atomic E-state index is 0.464. The number of nitrogens with one attached hydrogen (secondary N) is 1. The Hall–Kier alpha value is -0.610. The van der Waals surface area contributed by atoms with Crippen molar-refractivity contribution in [2.75, 3.05) is 29.6 Å². The molecule has 1 rings (SSSR count). The van der Waals surface area contributed by atoms with Crippen molar-refractivity contribution in [3.63, 3.8) is 0 Å². The predicted molar refractivity (Wildman–Crippen MR) is 65.1 cm³/mol. The van der Waals surface area contributed by atoms with E-state index in [0.717, 1.165) is 18.7 Å². The Morgan fingerprint density at radius 2 is 2.36 bits per heavy atom. The summed E-state index contributed by atoms with van der Waals surface area (Å²) in [5.41, 5.74) is 6.35. The topological polar surface area (TPSA) is 50.9 Å². The van der Waals surface area contributed by atoms with Crippen molar-refractivity contribution in [2.24, 2.45) is 0 Å². The predicted octanol–water partition coefficient (Wildman–Crippen LogP) is 2.48. The molecule has 0 aliphatic heterocycles. The molecular weight excluding hydrogens is 218 g/mol. The molecule has 0 spiro atoms. The molecule has 0 saturated heterocycles. The van der Waals surface area contributed by atoms with E-state index in [2.05, 4.69) is 16.6 Å². The smallest absolute Gasteiger partial charge is 0.150 e. The Morgan fingerprint density at radius 1 is 1.57 bits per heavy atom. The van der Waals surface area contributed by atoms with Crippen molar-refractivity contribution in [1.29, 1.82) is 0 Å². The van der Waals surface area contributed by atoms with Crippen molar-refractivity contribution in [3.8, 4) is 0 Å². The second-order valence-electron chi connectivity index (χ2n) is 2.84. The summed E-state index contributed by atoms with van der Waals surface area (Å²) in [5.74, 6) is 1.81. The fourth-order valence-electron chi connectivity index (χ4n) is 1.01. The summed E-state index contributed by atoms with van der Waals surface area (Å²) in [4.78, 5) is 4.09. The van der Waals surface area contributed by atoms with Gasteiger partial charge in [0.05, 0.1) is 5.69 Å². The number of nitrogens with zero attached hydrogens (tertiary/aromatic N) is 1. The summed E-state index contributed by atoms with van der Waals surface area (Å²) >= 11 is 7.57.